The van der Waals surface area contributed by atoms with Crippen LogP contribution in [0.5, 0.6) is 0 Å². The largest absolute Gasteiger partial charge is 0.478 e. The molecular weight excluding hydrogens is 256 g/mol. The Kier molecular flexibility index (Phi) is 3.50. The van der Waals surface area contributed by atoms with Gasteiger partial charge in [-0.25, -0.2) is 13.6 Å². The van der Waals surface area contributed by atoms with Crippen LogP contribution < -0.4 is 5.32 Å². The molecule has 0 aliphatic heterocycles. The van der Waals surface area contributed by atoms with Crippen LogP contribution in [0.1, 0.15) is 29.1 Å². The molecule has 2 rings (SSSR count). The van der Waals surface area contributed by atoms with Gasteiger partial charge in [0.25, 0.3) is 0 Å². The van der Waals surface area contributed by atoms with Crippen LogP contribution in [-0.4, -0.2) is 11.1 Å². The Bertz CT molecular complexity index is 596. The minimum Gasteiger partial charge on any atom is -0.478 e. The van der Waals surface area contributed by atoms with Crippen molar-refractivity contribution in [2.24, 2.45) is 0 Å². The molecule has 0 saturated carbocycles. The minimum absolute atomic E-state index is 0.0947. The van der Waals surface area contributed by atoms with Crippen LogP contribution in [0.3, 0.4) is 0 Å². The lowest BCUT2D eigenvalue weighted by molar-refractivity contribution is 0.0692. The molecule has 0 radical (unpaired) electrons. The van der Waals surface area contributed by atoms with Gasteiger partial charge in [-0.15, -0.1) is 0 Å². The van der Waals surface area contributed by atoms with Crippen molar-refractivity contribution >= 4 is 11.7 Å². The Balaban J connectivity index is 2.30. The maximum atomic E-state index is 13.6. The number of carboxylic acids is 1. The van der Waals surface area contributed by atoms with E-state index in [1.807, 2.05) is 0 Å². The second-order valence-electron chi connectivity index (χ2n) is 4.00. The van der Waals surface area contributed by atoms with Gasteiger partial charge in [-0.2, -0.15) is 0 Å². The van der Waals surface area contributed by atoms with Gasteiger partial charge in [0, 0.05) is 6.07 Å². The first kappa shape index (κ1) is 13.1. The van der Waals surface area contributed by atoms with Crippen molar-refractivity contribution in [2.45, 2.75) is 13.0 Å². The number of benzene rings is 1. The highest BCUT2D eigenvalue weighted by Gasteiger charge is 2.17. The van der Waals surface area contributed by atoms with Crippen molar-refractivity contribution in [2.75, 3.05) is 5.32 Å². The first-order valence-corrected chi connectivity index (χ1v) is 5.51. The van der Waals surface area contributed by atoms with E-state index in [9.17, 15) is 13.6 Å². The Morgan fingerprint density at radius 2 is 2.11 bits per heavy atom. The second kappa shape index (κ2) is 5.09. The number of anilines is 1. The van der Waals surface area contributed by atoms with E-state index in [2.05, 4.69) is 5.32 Å². The number of nitrogens with one attached hydrogen (secondary N) is 1. The Morgan fingerprint density at radius 3 is 2.68 bits per heavy atom. The van der Waals surface area contributed by atoms with Gasteiger partial charge < -0.3 is 14.8 Å². The maximum Gasteiger partial charge on any atom is 0.338 e. The van der Waals surface area contributed by atoms with Crippen LogP contribution in [0, 0.1) is 11.6 Å². The maximum absolute atomic E-state index is 13.6. The molecule has 1 aromatic carbocycles. The predicted molar refractivity (Wildman–Crippen MR) is 64.1 cm³/mol. The van der Waals surface area contributed by atoms with Gasteiger partial charge in [-0.3, -0.25) is 0 Å². The number of aromatic carboxylic acids is 1. The molecule has 0 amide bonds. The third-order valence-corrected chi connectivity index (χ3v) is 2.63. The summed E-state index contributed by atoms with van der Waals surface area (Å²) in [5, 5.41) is 11.5. The summed E-state index contributed by atoms with van der Waals surface area (Å²) in [5.41, 5.74) is -0.682. The molecule has 0 aliphatic rings. The first-order chi connectivity index (χ1) is 8.99. The zero-order valence-corrected chi connectivity index (χ0v) is 9.98. The van der Waals surface area contributed by atoms with E-state index >= 15 is 0 Å². The summed E-state index contributed by atoms with van der Waals surface area (Å²) in [4.78, 5) is 10.8. The van der Waals surface area contributed by atoms with Crippen molar-refractivity contribution < 1.29 is 23.1 Å². The topological polar surface area (TPSA) is 62.5 Å². The SMILES string of the molecule is CC(Nc1cc(C(=O)O)c(F)cc1F)c1ccco1. The second-order valence-corrected chi connectivity index (χ2v) is 4.00. The van der Waals surface area contributed by atoms with Crippen molar-refractivity contribution in [1.82, 2.24) is 0 Å². The van der Waals surface area contributed by atoms with Crippen LogP contribution in [-0.2, 0) is 0 Å². The number of halogens is 2. The van der Waals surface area contributed by atoms with E-state index < -0.39 is 23.2 Å². The molecular formula is C13H11F2NO3. The summed E-state index contributed by atoms with van der Waals surface area (Å²) < 4.78 is 31.9. The molecule has 1 aromatic heterocycles. The summed E-state index contributed by atoms with van der Waals surface area (Å²) in [6, 6.07) is 4.46. The van der Waals surface area contributed by atoms with E-state index in [1.54, 1.807) is 19.1 Å². The normalized spacial score (nSPS) is 12.2. The quantitative estimate of drug-likeness (QED) is 0.890. The average molecular weight is 267 g/mol. The van der Waals surface area contributed by atoms with E-state index in [0.717, 1.165) is 6.07 Å². The van der Waals surface area contributed by atoms with Gasteiger partial charge in [-0.05, 0) is 25.1 Å². The Hall–Kier alpha value is -2.37. The van der Waals surface area contributed by atoms with Crippen LogP contribution in [0.2, 0.25) is 0 Å². The van der Waals surface area contributed by atoms with Gasteiger partial charge in [0.1, 0.15) is 17.4 Å². The predicted octanol–water partition coefficient (Wildman–Crippen LogP) is 3.43. The molecule has 0 bridgehead atoms. The summed E-state index contributed by atoms with van der Waals surface area (Å²) in [5.74, 6) is -2.87. The van der Waals surface area contributed by atoms with Crippen molar-refractivity contribution in [1.29, 1.82) is 0 Å². The monoisotopic (exact) mass is 267 g/mol. The van der Waals surface area contributed by atoms with Crippen LogP contribution in [0.25, 0.3) is 0 Å². The van der Waals surface area contributed by atoms with Crippen molar-refractivity contribution in [3.63, 3.8) is 0 Å². The van der Waals surface area contributed by atoms with Gasteiger partial charge in [-0.1, -0.05) is 0 Å². The fraction of sp³-hybridized carbons (Fsp3) is 0.154. The molecule has 4 nitrogen and oxygen atoms in total. The third kappa shape index (κ3) is 2.73. The molecule has 0 fully saturated rings. The Labute approximate surface area is 107 Å². The molecule has 1 atom stereocenters. The number of carboxylic acid groups (broad SMARTS) is 1. The van der Waals surface area contributed by atoms with Crippen LogP contribution >= 0.6 is 0 Å². The van der Waals surface area contributed by atoms with Crippen molar-refractivity contribution in [3.8, 4) is 0 Å². The lowest BCUT2D eigenvalue weighted by Crippen LogP contribution is -2.10. The number of carbonyl (C=O) groups is 1. The number of hydrogen-bond donors (Lipinski definition) is 2. The van der Waals surface area contributed by atoms with E-state index in [1.165, 1.54) is 6.26 Å². The number of hydrogen-bond acceptors (Lipinski definition) is 3. The molecule has 0 aliphatic carbocycles. The van der Waals surface area contributed by atoms with Gasteiger partial charge in [0.05, 0.1) is 23.6 Å². The zero-order chi connectivity index (χ0) is 14.0. The molecule has 2 N–H and O–H groups in total. The van der Waals surface area contributed by atoms with E-state index in [-0.39, 0.29) is 11.7 Å². The third-order valence-electron chi connectivity index (χ3n) is 2.63. The summed E-state index contributed by atoms with van der Waals surface area (Å²) in [6.45, 7) is 1.71. The Morgan fingerprint density at radius 1 is 1.37 bits per heavy atom. The van der Waals surface area contributed by atoms with E-state index in [4.69, 9.17) is 9.52 Å². The number of rotatable bonds is 4. The van der Waals surface area contributed by atoms with Crippen LogP contribution in [0.4, 0.5) is 14.5 Å². The van der Waals surface area contributed by atoms with Gasteiger partial charge in [0.2, 0.25) is 0 Å². The molecule has 1 heterocycles. The highest BCUT2D eigenvalue weighted by atomic mass is 19.1. The molecule has 2 aromatic rings. The molecule has 6 heteroatoms. The smallest absolute Gasteiger partial charge is 0.338 e. The average Bonchev–Trinajstić information content (AvgIpc) is 2.85. The lowest BCUT2D eigenvalue weighted by Gasteiger charge is -2.14. The summed E-state index contributed by atoms with van der Waals surface area (Å²) >= 11 is 0. The summed E-state index contributed by atoms with van der Waals surface area (Å²) in [7, 11) is 0. The standard InChI is InChI=1S/C13H11F2NO3/c1-7(12-3-2-4-19-12)16-11-5-8(13(17)18)9(14)6-10(11)15/h2-7,16H,1H3,(H,17,18). The van der Waals surface area contributed by atoms with E-state index in [0.29, 0.717) is 11.8 Å². The zero-order valence-electron chi connectivity index (χ0n) is 9.98. The molecule has 1 unspecified atom stereocenters. The lowest BCUT2D eigenvalue weighted by atomic mass is 10.1. The molecule has 0 spiro atoms. The molecule has 19 heavy (non-hydrogen) atoms. The highest BCUT2D eigenvalue weighted by Crippen LogP contribution is 2.24. The van der Waals surface area contributed by atoms with Crippen LogP contribution in [0.15, 0.2) is 34.9 Å². The fourth-order valence-corrected chi connectivity index (χ4v) is 1.67. The highest BCUT2D eigenvalue weighted by molar-refractivity contribution is 5.89. The number of furan rings is 1. The first-order valence-electron chi connectivity index (χ1n) is 5.51. The van der Waals surface area contributed by atoms with Gasteiger partial charge in [0.15, 0.2) is 0 Å². The van der Waals surface area contributed by atoms with Gasteiger partial charge >= 0.3 is 5.97 Å². The van der Waals surface area contributed by atoms with Crippen molar-refractivity contribution in [3.05, 3.63) is 53.5 Å². The fourth-order valence-electron chi connectivity index (χ4n) is 1.67. The molecule has 100 valence electrons. The summed E-state index contributed by atoms with van der Waals surface area (Å²) in [6.07, 6.45) is 1.47. The molecule has 0 saturated heterocycles. The minimum atomic E-state index is -1.45.